The molecule has 2 bridgehead atoms. The van der Waals surface area contributed by atoms with E-state index in [4.69, 9.17) is 0 Å². The second-order valence-corrected chi connectivity index (χ2v) is 17.5. The number of allylic oxidation sites excluding steroid dienone is 2. The van der Waals surface area contributed by atoms with Gasteiger partial charge in [0.1, 0.15) is 0 Å². The molecule has 1 N–H and O–H groups in total. The molecule has 2 heteroatoms. The number of hydrogen-bond donors (Lipinski definition) is 1. The van der Waals surface area contributed by atoms with Gasteiger partial charge >= 0.3 is 5.97 Å². The van der Waals surface area contributed by atoms with Crippen LogP contribution in [-0.4, -0.2) is 11.1 Å². The van der Waals surface area contributed by atoms with E-state index in [1.54, 1.807) is 0 Å². The van der Waals surface area contributed by atoms with Crippen molar-refractivity contribution in [2.75, 3.05) is 0 Å². The Morgan fingerprint density at radius 3 is 1.40 bits per heavy atom. The zero-order valence-corrected chi connectivity index (χ0v) is 33.3. The van der Waals surface area contributed by atoms with Gasteiger partial charge in [0.25, 0.3) is 0 Å². The molecule has 3 aliphatic carbocycles. The van der Waals surface area contributed by atoms with Crippen molar-refractivity contribution >= 4 is 5.97 Å². The summed E-state index contributed by atoms with van der Waals surface area (Å²) in [4.78, 5) is 11.7. The maximum Gasteiger partial charge on any atom is 0.306 e. The Bertz CT molecular complexity index is 798. The van der Waals surface area contributed by atoms with Crippen LogP contribution in [0, 0.1) is 28.6 Å². The molecule has 3 rings (SSSR count). The fraction of sp³-hybridized carbons (Fsp3) is 0.935. The predicted octanol–water partition coefficient (Wildman–Crippen LogP) is 15.8. The molecule has 3 aliphatic rings. The molecule has 3 fully saturated rings. The van der Waals surface area contributed by atoms with E-state index in [0.29, 0.717) is 10.8 Å². The van der Waals surface area contributed by atoms with Gasteiger partial charge in [-0.3, -0.25) is 4.79 Å². The topological polar surface area (TPSA) is 37.3 Å². The van der Waals surface area contributed by atoms with E-state index >= 15 is 0 Å². The number of hydrogen-bond acceptors (Lipinski definition) is 1. The van der Waals surface area contributed by atoms with Gasteiger partial charge in [0.2, 0.25) is 0 Å². The maximum absolute atomic E-state index is 11.7. The van der Waals surface area contributed by atoms with Crippen molar-refractivity contribution in [2.45, 2.75) is 246 Å². The zero-order chi connectivity index (χ0) is 34.8. The molecular weight excluding hydrogens is 585 g/mol. The van der Waals surface area contributed by atoms with Crippen molar-refractivity contribution in [1.82, 2.24) is 0 Å². The lowest BCUT2D eigenvalue weighted by Gasteiger charge is -2.69. The molecule has 0 aromatic carbocycles. The van der Waals surface area contributed by atoms with E-state index in [1.807, 2.05) is 0 Å². The first-order valence-corrected chi connectivity index (χ1v) is 22.2. The molecule has 0 aliphatic heterocycles. The molecule has 0 aromatic heterocycles. The Balaban J connectivity index is 1.28. The molecule has 2 nitrogen and oxygen atoms in total. The summed E-state index contributed by atoms with van der Waals surface area (Å²) in [5.74, 6) is 1.30. The third-order valence-corrected chi connectivity index (χ3v) is 13.6. The number of aliphatic carboxylic acids is 1. The maximum atomic E-state index is 11.7. The average molecular weight is 671 g/mol. The quantitative estimate of drug-likeness (QED) is 0.0546. The normalized spacial score (nSPS) is 22.2. The third kappa shape index (κ3) is 16.9. The van der Waals surface area contributed by atoms with E-state index in [2.05, 4.69) is 39.8 Å². The number of fused-ring (bicyclic) bond motifs is 2. The van der Waals surface area contributed by atoms with Gasteiger partial charge in [-0.1, -0.05) is 194 Å². The lowest BCUT2D eigenvalue weighted by molar-refractivity contribution is -0.199. The van der Waals surface area contributed by atoms with Crippen molar-refractivity contribution in [3.05, 3.63) is 12.2 Å². The van der Waals surface area contributed by atoms with Crippen LogP contribution in [-0.2, 0) is 4.79 Å². The summed E-state index contributed by atoms with van der Waals surface area (Å²) < 4.78 is 0. The predicted molar refractivity (Wildman–Crippen MR) is 212 cm³/mol. The summed E-state index contributed by atoms with van der Waals surface area (Å²) in [6, 6.07) is 0. The first-order chi connectivity index (χ1) is 23.3. The Morgan fingerprint density at radius 2 is 1.00 bits per heavy atom. The van der Waals surface area contributed by atoms with Crippen molar-refractivity contribution in [3.63, 3.8) is 0 Å². The molecule has 0 amide bonds. The van der Waals surface area contributed by atoms with Gasteiger partial charge in [0.05, 0.1) is 5.92 Å². The molecule has 282 valence electrons. The molecule has 0 spiro atoms. The standard InChI is InChI=1S/C46H86O2/c1-5-6-7-8-9-10-11-12-17-20-23-26-29-32-35-42(44(47)48)36-33-30-27-24-21-18-15-13-14-16-19-22-25-28-31-34-39-46-40-43(45(46,3)4)38-37-41(46)2/h12,17,41-43H,5-11,13-16,18-40H2,1-4H3,(H,47,48)/b17-12-. The molecular formula is C46H86O2. The number of carboxylic acids is 1. The minimum absolute atomic E-state index is 0.116. The van der Waals surface area contributed by atoms with Crippen LogP contribution in [0.3, 0.4) is 0 Å². The summed E-state index contributed by atoms with van der Waals surface area (Å²) in [7, 11) is 0. The van der Waals surface area contributed by atoms with Crippen LogP contribution in [0.1, 0.15) is 246 Å². The van der Waals surface area contributed by atoms with Crippen molar-refractivity contribution < 1.29 is 9.90 Å². The Labute approximate surface area is 301 Å². The number of carbonyl (C=O) groups is 1. The molecule has 3 saturated carbocycles. The Hall–Kier alpha value is -0.790. The van der Waals surface area contributed by atoms with Crippen LogP contribution < -0.4 is 0 Å². The summed E-state index contributed by atoms with van der Waals surface area (Å²) >= 11 is 0. The minimum atomic E-state index is -0.563. The van der Waals surface area contributed by atoms with E-state index in [9.17, 15) is 9.90 Å². The fourth-order valence-corrected chi connectivity index (χ4v) is 9.91. The Kier molecular flexibility index (Phi) is 24.3. The van der Waals surface area contributed by atoms with Crippen LogP contribution in [0.2, 0.25) is 0 Å². The first kappa shape index (κ1) is 43.4. The lowest BCUT2D eigenvalue weighted by Crippen LogP contribution is -2.61. The average Bonchev–Trinajstić information content (AvgIpc) is 3.07. The van der Waals surface area contributed by atoms with Gasteiger partial charge < -0.3 is 5.11 Å². The molecule has 0 heterocycles. The van der Waals surface area contributed by atoms with Gasteiger partial charge in [-0.2, -0.15) is 0 Å². The number of rotatable bonds is 34. The molecule has 4 atom stereocenters. The highest BCUT2D eigenvalue weighted by molar-refractivity contribution is 5.69. The van der Waals surface area contributed by atoms with Gasteiger partial charge in [-0.25, -0.2) is 0 Å². The molecule has 48 heavy (non-hydrogen) atoms. The second kappa shape index (κ2) is 26.9. The van der Waals surface area contributed by atoms with Gasteiger partial charge in [-0.05, 0) is 86.9 Å². The highest BCUT2D eigenvalue weighted by atomic mass is 16.4. The number of unbranched alkanes of at least 4 members (excludes halogenated alkanes) is 25. The molecule has 4 unspecified atom stereocenters. The minimum Gasteiger partial charge on any atom is -0.481 e. The fourth-order valence-electron chi connectivity index (χ4n) is 9.91. The van der Waals surface area contributed by atoms with Crippen LogP contribution in [0.25, 0.3) is 0 Å². The van der Waals surface area contributed by atoms with Crippen LogP contribution in [0.5, 0.6) is 0 Å². The second-order valence-electron chi connectivity index (χ2n) is 17.5. The third-order valence-electron chi connectivity index (χ3n) is 13.6. The smallest absolute Gasteiger partial charge is 0.306 e. The first-order valence-electron chi connectivity index (χ1n) is 22.2. The summed E-state index contributed by atoms with van der Waals surface area (Å²) in [5.41, 5.74) is 1.30. The van der Waals surface area contributed by atoms with Crippen molar-refractivity contribution in [3.8, 4) is 0 Å². The van der Waals surface area contributed by atoms with Gasteiger partial charge in [0, 0.05) is 0 Å². The Morgan fingerprint density at radius 1 is 0.604 bits per heavy atom. The highest BCUT2D eigenvalue weighted by Crippen LogP contribution is 2.71. The van der Waals surface area contributed by atoms with Gasteiger partial charge in [0.15, 0.2) is 0 Å². The number of carboxylic acid groups (broad SMARTS) is 1. The van der Waals surface area contributed by atoms with Crippen LogP contribution >= 0.6 is 0 Å². The molecule has 0 saturated heterocycles. The van der Waals surface area contributed by atoms with E-state index < -0.39 is 5.97 Å². The van der Waals surface area contributed by atoms with Crippen LogP contribution in [0.15, 0.2) is 12.2 Å². The monoisotopic (exact) mass is 671 g/mol. The summed E-state index contributed by atoms with van der Waals surface area (Å²) in [6.07, 6.45) is 50.2. The van der Waals surface area contributed by atoms with E-state index in [1.165, 1.54) is 193 Å². The molecule has 0 radical (unpaired) electrons. The summed E-state index contributed by atoms with van der Waals surface area (Å²) in [5, 5.41) is 9.67. The van der Waals surface area contributed by atoms with Gasteiger partial charge in [-0.15, -0.1) is 0 Å². The summed E-state index contributed by atoms with van der Waals surface area (Å²) in [6.45, 7) is 10.00. The van der Waals surface area contributed by atoms with Crippen LogP contribution in [0.4, 0.5) is 0 Å². The van der Waals surface area contributed by atoms with E-state index in [-0.39, 0.29) is 5.92 Å². The van der Waals surface area contributed by atoms with Crippen molar-refractivity contribution in [2.24, 2.45) is 28.6 Å². The molecule has 0 aromatic rings. The zero-order valence-electron chi connectivity index (χ0n) is 33.3. The SMILES string of the molecule is CCCCCCCC/C=C\CCCCCCC(CCCCCCCCCCCCCCCCCCC12CC(CCC1C)C2(C)C)C(=O)O. The lowest BCUT2D eigenvalue weighted by atomic mass is 9.36. The highest BCUT2D eigenvalue weighted by Gasteiger charge is 2.63. The largest absolute Gasteiger partial charge is 0.481 e. The van der Waals surface area contributed by atoms with E-state index in [0.717, 1.165) is 37.5 Å². The van der Waals surface area contributed by atoms with Crippen molar-refractivity contribution in [1.29, 1.82) is 0 Å².